The molecule has 0 radical (unpaired) electrons. The standard InChI is InChI=1S/C24H26F4N6O/c1-15(17-4-2-5-18(20(17)25)24(26,27)28)32-22(35)16-12-19(21-29-14-31-34(21)13-16)33-10-7-23(8-11-33)6-3-9-30-23/h2,4-5,12-15,30H,3,6-11H2,1H3,(H,32,35)/t15-/m1/s1. The monoisotopic (exact) mass is 490 g/mol. The minimum atomic E-state index is -4.82. The molecule has 2 fully saturated rings. The largest absolute Gasteiger partial charge is 0.419 e. The third-order valence-electron chi connectivity index (χ3n) is 7.16. The van der Waals surface area contributed by atoms with E-state index in [1.165, 1.54) is 36.5 Å². The zero-order valence-corrected chi connectivity index (χ0v) is 19.2. The number of pyridine rings is 1. The second kappa shape index (κ2) is 8.78. The smallest absolute Gasteiger partial charge is 0.368 e. The number of halogens is 4. The molecule has 2 N–H and O–H groups in total. The Labute approximate surface area is 199 Å². The summed E-state index contributed by atoms with van der Waals surface area (Å²) in [7, 11) is 0. The molecule has 1 spiro atoms. The Kier molecular flexibility index (Phi) is 5.90. The average Bonchev–Trinajstić information content (AvgIpc) is 3.48. The summed E-state index contributed by atoms with van der Waals surface area (Å²) in [5.41, 5.74) is 0.230. The Morgan fingerprint density at radius 2 is 2.00 bits per heavy atom. The van der Waals surface area contributed by atoms with Crippen molar-refractivity contribution in [3.8, 4) is 0 Å². The van der Waals surface area contributed by atoms with Crippen molar-refractivity contribution in [2.24, 2.45) is 0 Å². The number of amides is 1. The van der Waals surface area contributed by atoms with Gasteiger partial charge in [-0.1, -0.05) is 12.1 Å². The Bertz CT molecular complexity index is 1240. The minimum absolute atomic E-state index is 0.180. The number of fused-ring (bicyclic) bond motifs is 1. The molecule has 2 aliphatic rings. The lowest BCUT2D eigenvalue weighted by molar-refractivity contribution is -0.140. The molecule has 0 bridgehead atoms. The molecule has 1 atom stereocenters. The van der Waals surface area contributed by atoms with Crippen molar-refractivity contribution < 1.29 is 22.4 Å². The second-order valence-electron chi connectivity index (χ2n) is 9.34. The number of hydrogen-bond acceptors (Lipinski definition) is 5. The highest BCUT2D eigenvalue weighted by atomic mass is 19.4. The maximum absolute atomic E-state index is 14.6. The first-order valence-corrected chi connectivity index (χ1v) is 11.7. The van der Waals surface area contributed by atoms with Crippen molar-refractivity contribution in [1.29, 1.82) is 0 Å². The van der Waals surface area contributed by atoms with E-state index in [1.807, 2.05) is 0 Å². The van der Waals surface area contributed by atoms with Crippen LogP contribution in [0.2, 0.25) is 0 Å². The second-order valence-corrected chi connectivity index (χ2v) is 9.34. The van der Waals surface area contributed by atoms with Gasteiger partial charge in [-0.3, -0.25) is 4.79 Å². The van der Waals surface area contributed by atoms with Crippen LogP contribution < -0.4 is 15.5 Å². The first-order valence-electron chi connectivity index (χ1n) is 11.7. The number of nitrogens with zero attached hydrogens (tertiary/aromatic N) is 4. The van der Waals surface area contributed by atoms with E-state index in [-0.39, 0.29) is 16.7 Å². The van der Waals surface area contributed by atoms with Crippen LogP contribution in [0.15, 0.2) is 36.8 Å². The Hall–Kier alpha value is -3.21. The molecule has 2 aromatic heterocycles. The van der Waals surface area contributed by atoms with Crippen molar-refractivity contribution in [1.82, 2.24) is 25.2 Å². The van der Waals surface area contributed by atoms with Gasteiger partial charge in [0.1, 0.15) is 12.1 Å². The van der Waals surface area contributed by atoms with Gasteiger partial charge in [0.05, 0.1) is 22.9 Å². The van der Waals surface area contributed by atoms with Gasteiger partial charge >= 0.3 is 6.18 Å². The van der Waals surface area contributed by atoms with E-state index in [2.05, 4.69) is 25.6 Å². The Balaban J connectivity index is 1.38. The lowest BCUT2D eigenvalue weighted by Gasteiger charge is -2.40. The summed E-state index contributed by atoms with van der Waals surface area (Å²) in [5, 5.41) is 10.4. The minimum Gasteiger partial charge on any atom is -0.368 e. The predicted octanol–water partition coefficient (Wildman–Crippen LogP) is 4.10. The summed E-state index contributed by atoms with van der Waals surface area (Å²) in [5.74, 6) is -1.93. The predicted molar refractivity (Wildman–Crippen MR) is 122 cm³/mol. The number of nitrogens with one attached hydrogen (secondary N) is 2. The molecule has 11 heteroatoms. The molecule has 3 aromatic rings. The zero-order chi connectivity index (χ0) is 24.8. The van der Waals surface area contributed by atoms with Gasteiger partial charge in [0.25, 0.3) is 5.91 Å². The molecule has 7 nitrogen and oxygen atoms in total. The molecular formula is C24H26F4N6O. The van der Waals surface area contributed by atoms with Crippen LogP contribution in [0, 0.1) is 5.82 Å². The Morgan fingerprint density at radius 1 is 1.23 bits per heavy atom. The molecule has 1 amide bonds. The van der Waals surface area contributed by atoms with Crippen LogP contribution >= 0.6 is 0 Å². The molecule has 35 heavy (non-hydrogen) atoms. The van der Waals surface area contributed by atoms with E-state index in [0.29, 0.717) is 11.7 Å². The quantitative estimate of drug-likeness (QED) is 0.539. The number of anilines is 1. The number of alkyl halides is 3. The van der Waals surface area contributed by atoms with Crippen LogP contribution in [0.4, 0.5) is 23.2 Å². The molecule has 0 aliphatic carbocycles. The molecule has 2 saturated heterocycles. The van der Waals surface area contributed by atoms with Gasteiger partial charge in [0, 0.05) is 30.4 Å². The summed E-state index contributed by atoms with van der Waals surface area (Å²) >= 11 is 0. The number of hydrogen-bond donors (Lipinski definition) is 2. The number of aromatic nitrogens is 3. The lowest BCUT2D eigenvalue weighted by atomic mass is 9.86. The molecule has 2 aliphatic heterocycles. The summed E-state index contributed by atoms with van der Waals surface area (Å²) < 4.78 is 55.4. The van der Waals surface area contributed by atoms with E-state index < -0.39 is 29.5 Å². The van der Waals surface area contributed by atoms with E-state index in [4.69, 9.17) is 0 Å². The highest BCUT2D eigenvalue weighted by Gasteiger charge is 2.38. The van der Waals surface area contributed by atoms with E-state index in [0.717, 1.165) is 50.7 Å². The van der Waals surface area contributed by atoms with Crippen LogP contribution in [-0.4, -0.2) is 45.7 Å². The van der Waals surface area contributed by atoms with Gasteiger partial charge < -0.3 is 15.5 Å². The van der Waals surface area contributed by atoms with E-state index in [1.54, 1.807) is 6.07 Å². The highest BCUT2D eigenvalue weighted by molar-refractivity contribution is 5.96. The zero-order valence-electron chi connectivity index (χ0n) is 19.2. The fourth-order valence-electron chi connectivity index (χ4n) is 5.20. The highest BCUT2D eigenvalue weighted by Crippen LogP contribution is 2.35. The van der Waals surface area contributed by atoms with Gasteiger partial charge in [0.2, 0.25) is 0 Å². The number of carbonyl (C=O) groups excluding carboxylic acids is 1. The molecule has 1 aromatic carbocycles. The van der Waals surface area contributed by atoms with Gasteiger partial charge in [-0.05, 0) is 51.3 Å². The van der Waals surface area contributed by atoms with Crippen LogP contribution in [0.25, 0.3) is 5.65 Å². The van der Waals surface area contributed by atoms with Gasteiger partial charge in [0.15, 0.2) is 5.65 Å². The number of benzene rings is 1. The normalized spacial score (nSPS) is 18.8. The SMILES string of the molecule is C[C@@H](NC(=O)c1cc(N2CCC3(CCCN3)CC2)c2ncnn2c1)c1cccc(C(F)(F)F)c1F. The summed E-state index contributed by atoms with van der Waals surface area (Å²) in [4.78, 5) is 19.6. The van der Waals surface area contributed by atoms with Gasteiger partial charge in [-0.15, -0.1) is 0 Å². The molecule has 186 valence electrons. The van der Waals surface area contributed by atoms with Crippen LogP contribution in [0.5, 0.6) is 0 Å². The molecule has 0 unspecified atom stereocenters. The number of piperidine rings is 1. The first kappa shape index (κ1) is 23.5. The van der Waals surface area contributed by atoms with Gasteiger partial charge in [-0.2, -0.15) is 18.3 Å². The van der Waals surface area contributed by atoms with E-state index in [9.17, 15) is 22.4 Å². The number of carbonyl (C=O) groups is 1. The summed E-state index contributed by atoms with van der Waals surface area (Å²) in [6.07, 6.45) is 2.40. The van der Waals surface area contributed by atoms with Crippen molar-refractivity contribution >= 4 is 17.2 Å². The summed E-state index contributed by atoms with van der Waals surface area (Å²) in [6.45, 7) is 4.08. The topological polar surface area (TPSA) is 74.6 Å². The Morgan fingerprint density at radius 3 is 2.69 bits per heavy atom. The van der Waals surface area contributed by atoms with Gasteiger partial charge in [-0.25, -0.2) is 13.9 Å². The third kappa shape index (κ3) is 4.44. The van der Waals surface area contributed by atoms with Crippen molar-refractivity contribution in [2.45, 2.75) is 50.4 Å². The molecule has 4 heterocycles. The maximum Gasteiger partial charge on any atom is 0.419 e. The molecule has 0 saturated carbocycles. The first-order chi connectivity index (χ1) is 16.7. The lowest BCUT2D eigenvalue weighted by Crippen LogP contribution is -2.50. The van der Waals surface area contributed by atoms with Crippen molar-refractivity contribution in [3.05, 3.63) is 59.3 Å². The fourth-order valence-corrected chi connectivity index (χ4v) is 5.20. The summed E-state index contributed by atoms with van der Waals surface area (Å²) in [6, 6.07) is 3.79. The van der Waals surface area contributed by atoms with Crippen molar-refractivity contribution in [2.75, 3.05) is 24.5 Å². The van der Waals surface area contributed by atoms with Crippen LogP contribution in [0.3, 0.4) is 0 Å². The average molecular weight is 491 g/mol. The maximum atomic E-state index is 14.6. The molecule has 5 rings (SSSR count). The number of rotatable bonds is 4. The van der Waals surface area contributed by atoms with Crippen molar-refractivity contribution in [3.63, 3.8) is 0 Å². The molecular weight excluding hydrogens is 464 g/mol. The van der Waals surface area contributed by atoms with E-state index >= 15 is 0 Å². The third-order valence-corrected chi connectivity index (χ3v) is 7.16. The van der Waals surface area contributed by atoms with Crippen LogP contribution in [-0.2, 0) is 6.18 Å². The van der Waals surface area contributed by atoms with Crippen LogP contribution in [0.1, 0.15) is 60.1 Å². The fraction of sp³-hybridized carbons (Fsp3) is 0.458.